The molecule has 2 atom stereocenters. The van der Waals surface area contributed by atoms with Gasteiger partial charge in [0.1, 0.15) is 5.56 Å². The summed E-state index contributed by atoms with van der Waals surface area (Å²) in [6, 6.07) is 14.2. The lowest BCUT2D eigenvalue weighted by Crippen LogP contribution is -2.28. The molecule has 0 bridgehead atoms. The Bertz CT molecular complexity index is 1860. The fourth-order valence-corrected chi connectivity index (χ4v) is 6.75. The molecular formula is C32H29Cl2N5O5. The monoisotopic (exact) mass is 633 g/mol. The maximum absolute atomic E-state index is 12.9. The SMILES string of the molecule is COc1nc(-c2cccc(-c3cccc(NC(=O)c4ccnn(C)c4=O)c3Cl)c2Cl)cc2c1[C@@H](N1CC[C@@H](C(=O)O)C1)CC2. The molecule has 4 aromatic rings. The number of rotatable bonds is 7. The van der Waals surface area contributed by atoms with E-state index in [0.29, 0.717) is 51.9 Å². The summed E-state index contributed by atoms with van der Waals surface area (Å²) in [6.45, 7) is 1.23. The number of carboxylic acid groups (broad SMARTS) is 1. The molecule has 1 aliphatic heterocycles. The Hall–Kier alpha value is -4.25. The second-order valence-electron chi connectivity index (χ2n) is 10.9. The average molecular weight is 635 g/mol. The number of anilines is 1. The van der Waals surface area contributed by atoms with Crippen LogP contribution in [0.5, 0.6) is 5.88 Å². The van der Waals surface area contributed by atoms with E-state index in [9.17, 15) is 19.5 Å². The van der Waals surface area contributed by atoms with Crippen LogP contribution in [0.1, 0.15) is 40.4 Å². The molecule has 0 unspecified atom stereocenters. The van der Waals surface area contributed by atoms with E-state index in [2.05, 4.69) is 15.3 Å². The number of fused-ring (bicyclic) bond motifs is 1. The van der Waals surface area contributed by atoms with Crippen LogP contribution in [0.3, 0.4) is 0 Å². The quantitative estimate of drug-likeness (QED) is 0.274. The molecule has 1 saturated heterocycles. The lowest BCUT2D eigenvalue weighted by atomic mass is 9.99. The summed E-state index contributed by atoms with van der Waals surface area (Å²) in [5, 5.41) is 16.8. The first-order chi connectivity index (χ1) is 21.2. The summed E-state index contributed by atoms with van der Waals surface area (Å²) in [5.41, 5.74) is 4.40. The molecule has 3 heterocycles. The van der Waals surface area contributed by atoms with Crippen LogP contribution in [-0.4, -0.2) is 56.8 Å². The van der Waals surface area contributed by atoms with Gasteiger partial charge in [0.25, 0.3) is 11.5 Å². The molecule has 12 heteroatoms. The number of hydrogen-bond acceptors (Lipinski definition) is 7. The lowest BCUT2D eigenvalue weighted by molar-refractivity contribution is -0.141. The van der Waals surface area contributed by atoms with Gasteiger partial charge in [-0.1, -0.05) is 53.5 Å². The first kappa shape index (κ1) is 29.8. The van der Waals surface area contributed by atoms with Crippen molar-refractivity contribution in [2.45, 2.75) is 25.3 Å². The second kappa shape index (κ2) is 12.0. The van der Waals surface area contributed by atoms with Crippen molar-refractivity contribution >= 4 is 40.8 Å². The number of hydrogen-bond donors (Lipinski definition) is 2. The largest absolute Gasteiger partial charge is 0.481 e. The van der Waals surface area contributed by atoms with Gasteiger partial charge in [-0.2, -0.15) is 5.10 Å². The van der Waals surface area contributed by atoms with E-state index in [1.165, 1.54) is 19.3 Å². The minimum Gasteiger partial charge on any atom is -0.481 e. The Labute approximate surface area is 263 Å². The number of benzene rings is 2. The number of halogens is 2. The Morgan fingerprint density at radius 1 is 1.05 bits per heavy atom. The van der Waals surface area contributed by atoms with Crippen molar-refractivity contribution < 1.29 is 19.4 Å². The highest BCUT2D eigenvalue weighted by molar-refractivity contribution is 6.39. The van der Waals surface area contributed by atoms with Gasteiger partial charge in [-0.15, -0.1) is 0 Å². The van der Waals surface area contributed by atoms with E-state index in [4.69, 9.17) is 32.9 Å². The molecule has 1 amide bonds. The molecule has 6 rings (SSSR count). The summed E-state index contributed by atoms with van der Waals surface area (Å²) in [7, 11) is 3.06. The topological polar surface area (TPSA) is 127 Å². The molecule has 2 aromatic heterocycles. The second-order valence-corrected chi connectivity index (χ2v) is 11.7. The molecule has 1 fully saturated rings. The molecule has 2 aromatic carbocycles. The minimum absolute atomic E-state index is 0.0526. The number of aromatic nitrogens is 3. The molecule has 0 saturated carbocycles. The predicted molar refractivity (Wildman–Crippen MR) is 167 cm³/mol. The molecule has 1 aliphatic carbocycles. The first-order valence-corrected chi connectivity index (χ1v) is 14.9. The number of carbonyl (C=O) groups excluding carboxylic acids is 1. The zero-order valence-electron chi connectivity index (χ0n) is 24.0. The Morgan fingerprint density at radius 3 is 2.50 bits per heavy atom. The smallest absolute Gasteiger partial charge is 0.307 e. The standard InChI is InChI=1S/C32H29Cl2N5O5/c1-38-31(41)22(11-13-35-38)29(40)36-23-8-4-6-20(28(23)34)19-5-3-7-21(27(19)33)24-15-17-9-10-25(26(17)30(37-24)44-2)39-14-12-18(16-39)32(42)43/h3-8,11,13,15,18,25H,9-10,12,14,16H2,1-2H3,(H,36,40)(H,42,43)/t18-,25+/m1/s1. The Morgan fingerprint density at radius 2 is 1.77 bits per heavy atom. The molecule has 226 valence electrons. The molecule has 2 aliphatic rings. The number of methoxy groups -OCH3 is 1. The Balaban J connectivity index is 1.32. The van der Waals surface area contributed by atoms with Gasteiger partial charge in [-0.25, -0.2) is 9.67 Å². The number of nitrogens with zero attached hydrogens (tertiary/aromatic N) is 4. The van der Waals surface area contributed by atoms with Gasteiger partial charge in [0.15, 0.2) is 0 Å². The molecular weight excluding hydrogens is 605 g/mol. The van der Waals surface area contributed by atoms with Crippen LogP contribution in [0.2, 0.25) is 10.0 Å². The summed E-state index contributed by atoms with van der Waals surface area (Å²) in [5.74, 6) is -1.22. The number of aryl methyl sites for hydroxylation is 2. The number of ether oxygens (including phenoxy) is 1. The lowest BCUT2D eigenvalue weighted by Gasteiger charge is -2.25. The zero-order valence-corrected chi connectivity index (χ0v) is 25.5. The molecule has 0 radical (unpaired) electrons. The highest BCUT2D eigenvalue weighted by atomic mass is 35.5. The normalized spacial score (nSPS) is 17.8. The first-order valence-electron chi connectivity index (χ1n) is 14.1. The average Bonchev–Trinajstić information content (AvgIpc) is 3.67. The third-order valence-corrected chi connectivity index (χ3v) is 9.21. The van der Waals surface area contributed by atoms with Crippen molar-refractivity contribution in [3.63, 3.8) is 0 Å². The van der Waals surface area contributed by atoms with E-state index >= 15 is 0 Å². The minimum atomic E-state index is -0.756. The number of aliphatic carboxylic acids is 1. The van der Waals surface area contributed by atoms with E-state index in [0.717, 1.165) is 35.2 Å². The summed E-state index contributed by atoms with van der Waals surface area (Å²) in [6.07, 6.45) is 3.68. The van der Waals surface area contributed by atoms with Crippen LogP contribution in [0.15, 0.2) is 59.5 Å². The van der Waals surface area contributed by atoms with Crippen LogP contribution in [0.25, 0.3) is 22.4 Å². The zero-order chi connectivity index (χ0) is 31.1. The van der Waals surface area contributed by atoms with Crippen molar-refractivity contribution in [3.05, 3.63) is 91.8 Å². The van der Waals surface area contributed by atoms with Crippen LogP contribution in [0.4, 0.5) is 5.69 Å². The molecule has 0 spiro atoms. The fraction of sp³-hybridized carbons (Fsp3) is 0.281. The van der Waals surface area contributed by atoms with Crippen molar-refractivity contribution in [1.82, 2.24) is 19.7 Å². The summed E-state index contributed by atoms with van der Waals surface area (Å²) in [4.78, 5) is 43.9. The van der Waals surface area contributed by atoms with Gasteiger partial charge in [0.05, 0.1) is 34.5 Å². The number of pyridine rings is 1. The van der Waals surface area contributed by atoms with E-state index in [1.54, 1.807) is 25.3 Å². The van der Waals surface area contributed by atoms with Crippen LogP contribution >= 0.6 is 23.2 Å². The van der Waals surface area contributed by atoms with Crippen LogP contribution < -0.4 is 15.6 Å². The van der Waals surface area contributed by atoms with Crippen molar-refractivity contribution in [2.24, 2.45) is 13.0 Å². The van der Waals surface area contributed by atoms with E-state index in [1.807, 2.05) is 24.3 Å². The highest BCUT2D eigenvalue weighted by Gasteiger charge is 2.38. The molecule has 44 heavy (non-hydrogen) atoms. The number of nitrogens with one attached hydrogen (secondary N) is 1. The van der Waals surface area contributed by atoms with Crippen molar-refractivity contribution in [2.75, 3.05) is 25.5 Å². The molecule has 2 N–H and O–H groups in total. The number of carbonyl (C=O) groups is 2. The van der Waals surface area contributed by atoms with E-state index < -0.39 is 17.4 Å². The van der Waals surface area contributed by atoms with Crippen LogP contribution in [-0.2, 0) is 18.3 Å². The fourth-order valence-electron chi connectivity index (χ4n) is 6.16. The Kier molecular flexibility index (Phi) is 8.15. The summed E-state index contributed by atoms with van der Waals surface area (Å²) >= 11 is 13.8. The molecule has 10 nitrogen and oxygen atoms in total. The predicted octanol–water partition coefficient (Wildman–Crippen LogP) is 5.47. The van der Waals surface area contributed by atoms with Gasteiger partial charge in [-0.3, -0.25) is 19.3 Å². The summed E-state index contributed by atoms with van der Waals surface area (Å²) < 4.78 is 6.86. The number of likely N-dealkylation sites (tertiary alicyclic amines) is 1. The van der Waals surface area contributed by atoms with Gasteiger partial charge < -0.3 is 15.2 Å². The van der Waals surface area contributed by atoms with Gasteiger partial charge in [0.2, 0.25) is 5.88 Å². The van der Waals surface area contributed by atoms with Gasteiger partial charge in [-0.05, 0) is 49.6 Å². The number of carboxylic acids is 1. The highest BCUT2D eigenvalue weighted by Crippen LogP contribution is 2.46. The number of amides is 1. The van der Waals surface area contributed by atoms with E-state index in [-0.39, 0.29) is 22.5 Å². The maximum Gasteiger partial charge on any atom is 0.307 e. The maximum atomic E-state index is 12.9. The van der Waals surface area contributed by atoms with Crippen molar-refractivity contribution in [3.8, 4) is 28.3 Å². The van der Waals surface area contributed by atoms with Gasteiger partial charge in [0, 0.05) is 48.1 Å². The van der Waals surface area contributed by atoms with Crippen molar-refractivity contribution in [1.29, 1.82) is 0 Å². The van der Waals surface area contributed by atoms with Gasteiger partial charge >= 0.3 is 5.97 Å². The third-order valence-electron chi connectivity index (χ3n) is 8.39. The third kappa shape index (κ3) is 5.34. The van der Waals surface area contributed by atoms with Crippen LogP contribution in [0, 0.1) is 5.92 Å².